The summed E-state index contributed by atoms with van der Waals surface area (Å²) in [6.45, 7) is 8.67. The number of ether oxygens (including phenoxy) is 4. The summed E-state index contributed by atoms with van der Waals surface area (Å²) in [6, 6.07) is 22.9. The largest absolute Gasteiger partial charge is 0.514 e. The van der Waals surface area contributed by atoms with Gasteiger partial charge in [-0.15, -0.1) is 0 Å². The summed E-state index contributed by atoms with van der Waals surface area (Å²) in [7, 11) is 0. The number of nitro groups is 1. The van der Waals surface area contributed by atoms with E-state index in [-0.39, 0.29) is 62.9 Å². The first-order valence-electron chi connectivity index (χ1n) is 23.5. The summed E-state index contributed by atoms with van der Waals surface area (Å²) < 4.78 is 21.3. The van der Waals surface area contributed by atoms with Gasteiger partial charge in [0, 0.05) is 36.8 Å². The fourth-order valence-electron chi connectivity index (χ4n) is 7.69. The van der Waals surface area contributed by atoms with Crippen molar-refractivity contribution in [3.63, 3.8) is 0 Å². The maximum atomic E-state index is 14.0. The van der Waals surface area contributed by atoms with E-state index in [0.717, 1.165) is 22.3 Å². The second kappa shape index (κ2) is 26.1. The van der Waals surface area contributed by atoms with Crippen molar-refractivity contribution in [1.29, 1.82) is 0 Å². The number of carbonyl (C=O) groups is 7. The van der Waals surface area contributed by atoms with Crippen molar-refractivity contribution in [1.82, 2.24) is 26.6 Å². The van der Waals surface area contributed by atoms with Gasteiger partial charge in [-0.1, -0.05) is 74.5 Å². The number of nitrogens with two attached hydrogens (primary N) is 1. The predicted octanol–water partition coefficient (Wildman–Crippen LogP) is 6.93. The molecule has 0 aliphatic heterocycles. The zero-order valence-electron chi connectivity index (χ0n) is 40.8. The Morgan fingerprint density at radius 3 is 1.88 bits per heavy atom. The first kappa shape index (κ1) is 54.7. The van der Waals surface area contributed by atoms with Crippen molar-refractivity contribution in [3.05, 3.63) is 124 Å². The molecule has 0 spiro atoms. The van der Waals surface area contributed by atoms with Gasteiger partial charge in [0.2, 0.25) is 17.7 Å². The molecule has 0 heterocycles. The van der Waals surface area contributed by atoms with Crippen molar-refractivity contribution in [2.75, 3.05) is 25.0 Å². The lowest BCUT2D eigenvalue weighted by atomic mass is 9.98. The lowest BCUT2D eigenvalue weighted by molar-refractivity contribution is -0.384. The molecule has 0 saturated carbocycles. The molecule has 5 rings (SSSR count). The number of alkyl carbamates (subject to hydrolysis) is 2. The highest BCUT2D eigenvalue weighted by Gasteiger charge is 2.33. The number of hydrogen-bond donors (Lipinski definition) is 7. The van der Waals surface area contributed by atoms with E-state index in [2.05, 4.69) is 44.0 Å². The number of fused-ring (bicyclic) bond motifs is 3. The number of anilines is 1. The van der Waals surface area contributed by atoms with E-state index < -0.39 is 76.7 Å². The van der Waals surface area contributed by atoms with Gasteiger partial charge in [-0.25, -0.2) is 19.2 Å². The molecule has 3 atom stereocenters. The quantitative estimate of drug-likeness (QED) is 0.00992. The van der Waals surface area contributed by atoms with Crippen LogP contribution in [-0.2, 0) is 35.2 Å². The molecule has 8 N–H and O–H groups in total. The average molecular weight is 995 g/mol. The lowest BCUT2D eigenvalue weighted by Crippen LogP contribution is -2.58. The van der Waals surface area contributed by atoms with E-state index >= 15 is 0 Å². The van der Waals surface area contributed by atoms with Gasteiger partial charge < -0.3 is 56.6 Å². The summed E-state index contributed by atoms with van der Waals surface area (Å²) in [6.07, 6.45) is -1.33. The Kier molecular flexibility index (Phi) is 19.8. The van der Waals surface area contributed by atoms with Crippen molar-refractivity contribution in [3.8, 4) is 16.9 Å². The van der Waals surface area contributed by atoms with Gasteiger partial charge >= 0.3 is 24.4 Å². The molecule has 0 radical (unpaired) electrons. The van der Waals surface area contributed by atoms with Crippen LogP contribution in [0.2, 0.25) is 0 Å². The fourth-order valence-corrected chi connectivity index (χ4v) is 7.69. The summed E-state index contributed by atoms with van der Waals surface area (Å²) in [5.41, 5.74) is 9.40. The molecular formula is C51H62N8O13. The Labute approximate surface area is 416 Å². The second-order valence-electron chi connectivity index (χ2n) is 18.2. The monoisotopic (exact) mass is 994 g/mol. The highest BCUT2D eigenvalue weighted by molar-refractivity contribution is 5.99. The molecule has 1 aliphatic carbocycles. The number of unbranched alkanes of at least 4 members (excludes halogenated alkanes) is 1. The van der Waals surface area contributed by atoms with Crippen LogP contribution in [0.1, 0.15) is 89.3 Å². The Bertz CT molecular complexity index is 2500. The Hall–Kier alpha value is -8.23. The number of amides is 7. The van der Waals surface area contributed by atoms with Crippen LogP contribution >= 0.6 is 0 Å². The van der Waals surface area contributed by atoms with Gasteiger partial charge in [-0.2, -0.15) is 0 Å². The molecule has 384 valence electrons. The molecule has 0 bridgehead atoms. The maximum Gasteiger partial charge on any atom is 0.514 e. The maximum absolute atomic E-state index is 14.0. The molecule has 4 aromatic carbocycles. The summed E-state index contributed by atoms with van der Waals surface area (Å²) in [5, 5.41) is 26.9. The predicted molar refractivity (Wildman–Crippen MR) is 265 cm³/mol. The normalized spacial score (nSPS) is 12.9. The Balaban J connectivity index is 1.15. The van der Waals surface area contributed by atoms with Gasteiger partial charge in [-0.05, 0) is 111 Å². The minimum absolute atomic E-state index is 0.0452. The summed E-state index contributed by atoms with van der Waals surface area (Å²) in [5.74, 6) is -2.56. The van der Waals surface area contributed by atoms with Crippen LogP contribution in [0, 0.1) is 16.0 Å². The number of nitrogens with zero attached hydrogens (tertiary/aromatic N) is 1. The number of rotatable bonds is 23. The standard InChI is InChI=1S/C51H62N8O13/c1-31(2)43(46(62)56-41(18-12-28-53-47(52)63)44(60)55-33-21-19-32(20-22-33)29-70-50(66)71-35-25-23-34(24-26-35)59(67)68)58-45(61)42(57-49(65)72-51(3,4)5)17-10-11-27-54-48(64)69-30-40-38-15-8-6-13-36(38)37-14-7-9-16-39(37)40/h6-9,13-16,19-26,31,40-43H,10-12,17-18,27-30H2,1-5H3,(H,54,64)(H,55,60)(H,56,62)(H,57,65)(H,58,61)(H3,52,53,63)/t41-,42-,43-/m0/s1. The third-order valence-corrected chi connectivity index (χ3v) is 11.2. The first-order valence-corrected chi connectivity index (χ1v) is 23.5. The number of carbonyl (C=O) groups excluding carboxylic acids is 7. The number of benzene rings is 4. The molecule has 21 nitrogen and oxygen atoms in total. The molecule has 0 saturated heterocycles. The molecule has 21 heteroatoms. The van der Waals surface area contributed by atoms with Crippen molar-refractivity contribution in [2.24, 2.45) is 11.7 Å². The van der Waals surface area contributed by atoms with E-state index in [1.54, 1.807) is 46.8 Å². The van der Waals surface area contributed by atoms with Gasteiger partial charge in [0.25, 0.3) is 5.69 Å². The molecule has 1 aliphatic rings. The topological polar surface area (TPSA) is 298 Å². The van der Waals surface area contributed by atoms with E-state index in [9.17, 15) is 43.7 Å². The fraction of sp³-hybridized carbons (Fsp3) is 0.392. The van der Waals surface area contributed by atoms with Crippen LogP contribution in [-0.4, -0.2) is 90.4 Å². The summed E-state index contributed by atoms with van der Waals surface area (Å²) >= 11 is 0. The number of primary amides is 1. The van der Waals surface area contributed by atoms with E-state index in [1.807, 2.05) is 36.4 Å². The molecule has 0 aromatic heterocycles. The van der Waals surface area contributed by atoms with Gasteiger partial charge in [0.05, 0.1) is 4.92 Å². The highest BCUT2D eigenvalue weighted by Crippen LogP contribution is 2.44. The number of non-ortho nitro benzene ring substituents is 1. The third kappa shape index (κ3) is 17.0. The zero-order valence-corrected chi connectivity index (χ0v) is 40.8. The van der Waals surface area contributed by atoms with Crippen LogP contribution in [0.25, 0.3) is 11.1 Å². The molecular weight excluding hydrogens is 933 g/mol. The minimum atomic E-state index is -1.18. The van der Waals surface area contributed by atoms with Crippen molar-refractivity contribution in [2.45, 2.75) is 103 Å². The molecule has 0 unspecified atom stereocenters. The van der Waals surface area contributed by atoms with E-state index in [0.29, 0.717) is 24.1 Å². The van der Waals surface area contributed by atoms with Crippen molar-refractivity contribution >= 4 is 53.5 Å². The highest BCUT2D eigenvalue weighted by atomic mass is 16.7. The summed E-state index contributed by atoms with van der Waals surface area (Å²) in [4.78, 5) is 101. The Morgan fingerprint density at radius 1 is 0.681 bits per heavy atom. The lowest BCUT2D eigenvalue weighted by Gasteiger charge is -2.28. The number of hydrogen-bond acceptors (Lipinski definition) is 13. The van der Waals surface area contributed by atoms with E-state index in [1.165, 1.54) is 36.4 Å². The third-order valence-electron chi connectivity index (χ3n) is 11.2. The zero-order chi connectivity index (χ0) is 52.4. The second-order valence-corrected chi connectivity index (χ2v) is 18.2. The molecule has 0 fully saturated rings. The van der Waals surface area contributed by atoms with Crippen LogP contribution in [0.4, 0.5) is 30.6 Å². The minimum Gasteiger partial charge on any atom is -0.449 e. The first-order chi connectivity index (χ1) is 34.3. The number of urea groups is 1. The smallest absolute Gasteiger partial charge is 0.449 e. The SMILES string of the molecule is CC(C)[C@H](NC(=O)[C@H](CCCCNC(=O)OCC1c2ccccc2-c2ccccc21)NC(=O)OC(C)(C)C)C(=O)N[C@@H](CCCNC(N)=O)C(=O)Nc1ccc(COC(=O)Oc2ccc([N+](=O)[O-])cc2)cc1. The number of nitrogens with one attached hydrogen (secondary N) is 6. The van der Waals surface area contributed by atoms with Gasteiger partial charge in [0.15, 0.2) is 0 Å². The number of nitro benzene ring substituents is 1. The van der Waals surface area contributed by atoms with Crippen molar-refractivity contribution < 1.29 is 57.4 Å². The molecule has 4 aromatic rings. The molecule has 72 heavy (non-hydrogen) atoms. The van der Waals surface area contributed by atoms with Crippen LogP contribution in [0.3, 0.4) is 0 Å². The average Bonchev–Trinajstić information content (AvgIpc) is 3.65. The van der Waals surface area contributed by atoms with Crippen LogP contribution in [0.15, 0.2) is 97.1 Å². The van der Waals surface area contributed by atoms with Gasteiger partial charge in [0.1, 0.15) is 42.7 Å². The van der Waals surface area contributed by atoms with E-state index in [4.69, 9.17) is 24.7 Å². The molecule has 7 amide bonds. The van der Waals surface area contributed by atoms with Crippen LogP contribution < -0.4 is 42.4 Å². The Morgan fingerprint density at radius 2 is 1.28 bits per heavy atom. The van der Waals surface area contributed by atoms with Crippen LogP contribution in [0.5, 0.6) is 5.75 Å². The van der Waals surface area contributed by atoms with Gasteiger partial charge in [-0.3, -0.25) is 24.5 Å².